The maximum atomic E-state index is 9.21. The van der Waals surface area contributed by atoms with Crippen molar-refractivity contribution in [1.82, 2.24) is 9.80 Å². The quantitative estimate of drug-likeness (QED) is 0.635. The average Bonchev–Trinajstić information content (AvgIpc) is 2.15. The van der Waals surface area contributed by atoms with Gasteiger partial charge in [0.1, 0.15) is 0 Å². The molecule has 1 saturated heterocycles. The fraction of sp³-hybridized carbons (Fsp3) is 1.00. The molecule has 0 saturated carbocycles. The Hall–Kier alpha value is -0.120. The Labute approximate surface area is 75.0 Å². The van der Waals surface area contributed by atoms with Crippen LogP contribution >= 0.6 is 0 Å². The van der Waals surface area contributed by atoms with E-state index in [1.165, 1.54) is 13.0 Å². The van der Waals surface area contributed by atoms with Gasteiger partial charge in [0.15, 0.2) is 0 Å². The van der Waals surface area contributed by atoms with Crippen molar-refractivity contribution in [3.8, 4) is 0 Å². The minimum atomic E-state index is -0.187. The molecule has 1 fully saturated rings. The van der Waals surface area contributed by atoms with Crippen LogP contribution in [0.15, 0.2) is 0 Å². The summed E-state index contributed by atoms with van der Waals surface area (Å²) < 4.78 is 0. The highest BCUT2D eigenvalue weighted by Crippen LogP contribution is 2.01. The van der Waals surface area contributed by atoms with E-state index in [-0.39, 0.29) is 6.10 Å². The van der Waals surface area contributed by atoms with Gasteiger partial charge in [0.05, 0.1) is 6.10 Å². The largest absolute Gasteiger partial charge is 0.392 e. The van der Waals surface area contributed by atoms with Crippen LogP contribution in [0.1, 0.15) is 13.3 Å². The van der Waals surface area contributed by atoms with Crippen LogP contribution < -0.4 is 0 Å². The van der Waals surface area contributed by atoms with Crippen LogP contribution in [0.2, 0.25) is 0 Å². The Morgan fingerprint density at radius 1 is 1.25 bits per heavy atom. The highest BCUT2D eigenvalue weighted by molar-refractivity contribution is 4.68. The second-order valence-corrected chi connectivity index (χ2v) is 3.81. The van der Waals surface area contributed by atoms with Crippen molar-refractivity contribution in [2.24, 2.45) is 0 Å². The van der Waals surface area contributed by atoms with E-state index in [9.17, 15) is 5.11 Å². The maximum absolute atomic E-state index is 9.21. The van der Waals surface area contributed by atoms with Crippen molar-refractivity contribution < 1.29 is 5.11 Å². The normalized spacial score (nSPS) is 25.2. The van der Waals surface area contributed by atoms with Crippen LogP contribution in [0, 0.1) is 0 Å². The monoisotopic (exact) mass is 172 g/mol. The summed E-state index contributed by atoms with van der Waals surface area (Å²) in [5, 5.41) is 9.21. The van der Waals surface area contributed by atoms with Crippen LogP contribution in [0.25, 0.3) is 0 Å². The Morgan fingerprint density at radius 3 is 2.67 bits per heavy atom. The predicted octanol–water partition coefficient (Wildman–Crippen LogP) is 0.00470. The van der Waals surface area contributed by atoms with Gasteiger partial charge >= 0.3 is 0 Å². The summed E-state index contributed by atoms with van der Waals surface area (Å²) in [7, 11) is 2.16. The van der Waals surface area contributed by atoms with E-state index in [0.29, 0.717) is 0 Å². The number of hydrogen-bond donors (Lipinski definition) is 1. The number of nitrogens with zero attached hydrogens (tertiary/aromatic N) is 2. The molecule has 0 aliphatic carbocycles. The molecule has 1 atom stereocenters. The molecule has 12 heavy (non-hydrogen) atoms. The van der Waals surface area contributed by atoms with E-state index in [4.69, 9.17) is 0 Å². The number of rotatable bonds is 2. The summed E-state index contributed by atoms with van der Waals surface area (Å²) in [5.41, 5.74) is 0. The molecule has 0 radical (unpaired) electrons. The van der Waals surface area contributed by atoms with Crippen LogP contribution in [0.5, 0.6) is 0 Å². The molecule has 1 heterocycles. The molecular formula is C9H20N2O. The molecule has 1 aliphatic heterocycles. The Kier molecular flexibility index (Phi) is 3.98. The van der Waals surface area contributed by atoms with Gasteiger partial charge in [-0.05, 0) is 33.5 Å². The van der Waals surface area contributed by atoms with Crippen molar-refractivity contribution in [1.29, 1.82) is 0 Å². The third-order valence-corrected chi connectivity index (χ3v) is 2.33. The molecular weight excluding hydrogens is 152 g/mol. The van der Waals surface area contributed by atoms with Crippen molar-refractivity contribution in [3.05, 3.63) is 0 Å². The zero-order valence-electron chi connectivity index (χ0n) is 8.16. The van der Waals surface area contributed by atoms with Crippen molar-refractivity contribution in [3.63, 3.8) is 0 Å². The van der Waals surface area contributed by atoms with Gasteiger partial charge in [0.2, 0.25) is 0 Å². The molecule has 1 unspecified atom stereocenters. The van der Waals surface area contributed by atoms with E-state index in [0.717, 1.165) is 26.2 Å². The highest BCUT2D eigenvalue weighted by Gasteiger charge is 2.12. The topological polar surface area (TPSA) is 26.7 Å². The van der Waals surface area contributed by atoms with Crippen molar-refractivity contribution >= 4 is 0 Å². The minimum absolute atomic E-state index is 0.187. The fourth-order valence-corrected chi connectivity index (χ4v) is 1.66. The third-order valence-electron chi connectivity index (χ3n) is 2.33. The average molecular weight is 172 g/mol. The molecule has 3 heteroatoms. The molecule has 1 aliphatic rings. The van der Waals surface area contributed by atoms with Crippen LogP contribution in [-0.2, 0) is 0 Å². The van der Waals surface area contributed by atoms with E-state index < -0.39 is 0 Å². The Balaban J connectivity index is 2.26. The van der Waals surface area contributed by atoms with E-state index in [1.807, 2.05) is 6.92 Å². The lowest BCUT2D eigenvalue weighted by Gasteiger charge is -2.21. The fourth-order valence-electron chi connectivity index (χ4n) is 1.66. The Bertz CT molecular complexity index is 128. The summed E-state index contributed by atoms with van der Waals surface area (Å²) in [4.78, 5) is 4.69. The molecule has 0 amide bonds. The minimum Gasteiger partial charge on any atom is -0.392 e. The maximum Gasteiger partial charge on any atom is 0.0639 e. The van der Waals surface area contributed by atoms with Crippen LogP contribution in [-0.4, -0.2) is 60.8 Å². The van der Waals surface area contributed by atoms with E-state index >= 15 is 0 Å². The Morgan fingerprint density at radius 2 is 2.00 bits per heavy atom. The zero-order valence-corrected chi connectivity index (χ0v) is 8.16. The van der Waals surface area contributed by atoms with Gasteiger partial charge in [-0.2, -0.15) is 0 Å². The lowest BCUT2D eigenvalue weighted by molar-refractivity contribution is 0.129. The molecule has 0 aromatic rings. The smallest absolute Gasteiger partial charge is 0.0639 e. The molecule has 3 nitrogen and oxygen atoms in total. The predicted molar refractivity (Wildman–Crippen MR) is 50.2 cm³/mol. The van der Waals surface area contributed by atoms with E-state index in [2.05, 4.69) is 16.8 Å². The first kappa shape index (κ1) is 9.96. The second kappa shape index (κ2) is 4.80. The van der Waals surface area contributed by atoms with Gasteiger partial charge in [-0.25, -0.2) is 0 Å². The summed E-state index contributed by atoms with van der Waals surface area (Å²) in [6.45, 7) is 7.24. The van der Waals surface area contributed by atoms with Gasteiger partial charge in [-0.15, -0.1) is 0 Å². The number of aliphatic hydroxyl groups is 1. The summed E-state index contributed by atoms with van der Waals surface area (Å²) in [5.74, 6) is 0. The summed E-state index contributed by atoms with van der Waals surface area (Å²) >= 11 is 0. The van der Waals surface area contributed by atoms with Gasteiger partial charge in [0.25, 0.3) is 0 Å². The molecule has 0 aromatic heterocycles. The van der Waals surface area contributed by atoms with Crippen molar-refractivity contribution in [2.75, 3.05) is 39.8 Å². The molecule has 1 N–H and O–H groups in total. The van der Waals surface area contributed by atoms with Gasteiger partial charge < -0.3 is 10.0 Å². The number of likely N-dealkylation sites (N-methyl/N-ethyl adjacent to an activating group) is 1. The molecule has 0 spiro atoms. The second-order valence-electron chi connectivity index (χ2n) is 3.81. The van der Waals surface area contributed by atoms with Gasteiger partial charge in [0, 0.05) is 19.6 Å². The number of β-amino-alcohol motifs (C(OH)–C–C–N with tert-alkyl or cyclic N) is 1. The van der Waals surface area contributed by atoms with Crippen molar-refractivity contribution in [2.45, 2.75) is 19.4 Å². The van der Waals surface area contributed by atoms with Gasteiger partial charge in [-0.1, -0.05) is 0 Å². The molecule has 72 valence electrons. The van der Waals surface area contributed by atoms with Crippen LogP contribution in [0.3, 0.4) is 0 Å². The SMILES string of the molecule is CC(O)CN1CCCN(C)CC1. The van der Waals surface area contributed by atoms with E-state index in [1.54, 1.807) is 0 Å². The first-order valence-corrected chi connectivity index (χ1v) is 4.77. The number of hydrogen-bond acceptors (Lipinski definition) is 3. The highest BCUT2D eigenvalue weighted by atomic mass is 16.3. The standard InChI is InChI=1S/C9H20N2O/c1-9(12)8-11-5-3-4-10(2)6-7-11/h9,12H,3-8H2,1-2H3. The van der Waals surface area contributed by atoms with Crippen LogP contribution in [0.4, 0.5) is 0 Å². The van der Waals surface area contributed by atoms with Gasteiger partial charge in [-0.3, -0.25) is 4.90 Å². The third kappa shape index (κ3) is 3.52. The zero-order chi connectivity index (χ0) is 8.97. The summed E-state index contributed by atoms with van der Waals surface area (Å²) in [6.07, 6.45) is 1.04. The first-order chi connectivity index (χ1) is 5.68. The number of aliphatic hydroxyl groups excluding tert-OH is 1. The molecule has 1 rings (SSSR count). The first-order valence-electron chi connectivity index (χ1n) is 4.77. The molecule has 0 bridgehead atoms. The lowest BCUT2D eigenvalue weighted by atomic mass is 10.3. The molecule has 0 aromatic carbocycles. The summed E-state index contributed by atoms with van der Waals surface area (Å²) in [6, 6.07) is 0. The lowest BCUT2D eigenvalue weighted by Crippen LogP contribution is -2.34.